The Morgan fingerprint density at radius 1 is 1.36 bits per heavy atom. The van der Waals surface area contributed by atoms with E-state index in [9.17, 15) is 9.59 Å². The Labute approximate surface area is 126 Å². The molecule has 1 fully saturated rings. The summed E-state index contributed by atoms with van der Waals surface area (Å²) in [6, 6.07) is 1.78. The number of carbonyl (C=O) groups excluding carboxylic acids is 2. The fourth-order valence-corrected chi connectivity index (χ4v) is 2.06. The van der Waals surface area contributed by atoms with Gasteiger partial charge in [0.25, 0.3) is 0 Å². The maximum absolute atomic E-state index is 12.0. The summed E-state index contributed by atoms with van der Waals surface area (Å²) in [6.07, 6.45) is 3.38. The summed E-state index contributed by atoms with van der Waals surface area (Å²) in [5.41, 5.74) is 0.823. The number of hydrogen-bond acceptors (Lipinski definition) is 5. The molecule has 2 heterocycles. The van der Waals surface area contributed by atoms with Crippen LogP contribution in [0.25, 0.3) is 0 Å². The van der Waals surface area contributed by atoms with Crippen LogP contribution in [0.3, 0.4) is 0 Å². The predicted molar refractivity (Wildman–Crippen MR) is 78.0 cm³/mol. The first-order valence-electron chi connectivity index (χ1n) is 7.03. The topological polar surface area (TPSA) is 107 Å². The van der Waals surface area contributed by atoms with Crippen LogP contribution in [0.5, 0.6) is 0 Å². The van der Waals surface area contributed by atoms with Gasteiger partial charge in [-0.1, -0.05) is 5.21 Å². The van der Waals surface area contributed by atoms with Crippen LogP contribution in [0.1, 0.15) is 18.5 Å². The number of anilines is 2. The number of nitrogens with one attached hydrogen (secondary N) is 2. The second kappa shape index (κ2) is 5.58. The summed E-state index contributed by atoms with van der Waals surface area (Å²) in [7, 11) is 1.75. The van der Waals surface area contributed by atoms with Crippen LogP contribution in [0.2, 0.25) is 0 Å². The van der Waals surface area contributed by atoms with Crippen LogP contribution < -0.4 is 10.6 Å². The first-order valence-corrected chi connectivity index (χ1v) is 7.03. The molecule has 0 spiro atoms. The van der Waals surface area contributed by atoms with E-state index in [-0.39, 0.29) is 24.3 Å². The van der Waals surface area contributed by atoms with E-state index < -0.39 is 0 Å². The van der Waals surface area contributed by atoms with Crippen molar-refractivity contribution in [1.82, 2.24) is 24.8 Å². The molecule has 9 nitrogen and oxygen atoms in total. The zero-order valence-electron chi connectivity index (χ0n) is 12.4. The summed E-state index contributed by atoms with van der Waals surface area (Å²) in [6.45, 7) is 1.86. The molecule has 2 amide bonds. The summed E-state index contributed by atoms with van der Waals surface area (Å²) >= 11 is 0. The maximum atomic E-state index is 12.0. The Morgan fingerprint density at radius 2 is 2.14 bits per heavy atom. The van der Waals surface area contributed by atoms with Gasteiger partial charge < -0.3 is 10.6 Å². The fraction of sp³-hybridized carbons (Fsp3) is 0.462. The number of aromatic nitrogens is 5. The molecule has 2 aromatic heterocycles. The van der Waals surface area contributed by atoms with Gasteiger partial charge in [0.05, 0.1) is 11.9 Å². The third kappa shape index (κ3) is 3.30. The van der Waals surface area contributed by atoms with E-state index >= 15 is 0 Å². The van der Waals surface area contributed by atoms with Gasteiger partial charge >= 0.3 is 0 Å². The zero-order chi connectivity index (χ0) is 15.7. The lowest BCUT2D eigenvalue weighted by atomic mass is 10.4. The minimum Gasteiger partial charge on any atom is -0.309 e. The highest BCUT2D eigenvalue weighted by atomic mass is 16.2. The lowest BCUT2D eigenvalue weighted by molar-refractivity contribution is -0.117. The molecule has 0 aromatic carbocycles. The molecule has 0 aliphatic heterocycles. The van der Waals surface area contributed by atoms with E-state index in [1.165, 1.54) is 10.9 Å². The van der Waals surface area contributed by atoms with E-state index in [1.54, 1.807) is 17.8 Å². The van der Waals surface area contributed by atoms with Crippen molar-refractivity contribution in [3.8, 4) is 0 Å². The molecule has 0 radical (unpaired) electrons. The number of hydrogen-bond donors (Lipinski definition) is 2. The van der Waals surface area contributed by atoms with E-state index in [2.05, 4.69) is 26.0 Å². The lowest BCUT2D eigenvalue weighted by Gasteiger charge is -2.04. The summed E-state index contributed by atoms with van der Waals surface area (Å²) in [4.78, 5) is 23.6. The van der Waals surface area contributed by atoms with Gasteiger partial charge in [-0.25, -0.2) is 4.68 Å². The quantitative estimate of drug-likeness (QED) is 0.826. The van der Waals surface area contributed by atoms with Crippen molar-refractivity contribution in [2.75, 3.05) is 10.6 Å². The molecular formula is C13H17N7O2. The average molecular weight is 303 g/mol. The molecule has 3 rings (SSSR count). The molecule has 0 saturated heterocycles. The SMILES string of the molecule is Cc1cc(NC(=O)Cn2cc(NC(=O)C3CC3)nn2)n(C)n1. The molecule has 2 N–H and O–H groups in total. The molecule has 22 heavy (non-hydrogen) atoms. The van der Waals surface area contributed by atoms with Crippen LogP contribution >= 0.6 is 0 Å². The molecule has 2 aromatic rings. The highest BCUT2D eigenvalue weighted by Gasteiger charge is 2.30. The molecular weight excluding hydrogens is 286 g/mol. The smallest absolute Gasteiger partial charge is 0.247 e. The Balaban J connectivity index is 1.56. The Bertz CT molecular complexity index is 714. The molecule has 0 unspecified atom stereocenters. The van der Waals surface area contributed by atoms with Crippen LogP contribution in [0.15, 0.2) is 12.3 Å². The fourth-order valence-electron chi connectivity index (χ4n) is 2.06. The summed E-state index contributed by atoms with van der Waals surface area (Å²) in [5.74, 6) is 0.794. The van der Waals surface area contributed by atoms with Gasteiger partial charge in [0.15, 0.2) is 5.82 Å². The highest BCUT2D eigenvalue weighted by molar-refractivity contribution is 5.93. The van der Waals surface area contributed by atoms with Crippen molar-refractivity contribution in [3.63, 3.8) is 0 Å². The first kappa shape index (κ1) is 14.2. The number of amides is 2. The van der Waals surface area contributed by atoms with Crippen molar-refractivity contribution in [2.45, 2.75) is 26.3 Å². The minimum atomic E-state index is -0.243. The normalized spacial score (nSPS) is 13.9. The van der Waals surface area contributed by atoms with Gasteiger partial charge in [-0.2, -0.15) is 5.10 Å². The first-order chi connectivity index (χ1) is 10.5. The third-order valence-corrected chi connectivity index (χ3v) is 3.31. The zero-order valence-corrected chi connectivity index (χ0v) is 12.4. The van der Waals surface area contributed by atoms with Gasteiger partial charge in [-0.05, 0) is 19.8 Å². The van der Waals surface area contributed by atoms with Crippen LogP contribution in [-0.2, 0) is 23.2 Å². The largest absolute Gasteiger partial charge is 0.309 e. The molecule has 1 saturated carbocycles. The number of nitrogens with zero attached hydrogens (tertiary/aromatic N) is 5. The second-order valence-corrected chi connectivity index (χ2v) is 5.41. The second-order valence-electron chi connectivity index (χ2n) is 5.41. The van der Waals surface area contributed by atoms with Crippen molar-refractivity contribution in [2.24, 2.45) is 13.0 Å². The van der Waals surface area contributed by atoms with Gasteiger partial charge in [0.2, 0.25) is 11.8 Å². The van der Waals surface area contributed by atoms with Gasteiger partial charge in [-0.15, -0.1) is 5.10 Å². The number of carbonyl (C=O) groups is 2. The molecule has 0 bridgehead atoms. The Morgan fingerprint density at radius 3 is 2.77 bits per heavy atom. The summed E-state index contributed by atoms with van der Waals surface area (Å²) in [5, 5.41) is 17.2. The standard InChI is InChI=1S/C13H17N7O2/c1-8-5-11(19(2)17-8)15-12(21)7-20-6-10(16-18-20)14-13(22)9-3-4-9/h5-6,9H,3-4,7H2,1-2H3,(H,14,22)(H,15,21). The highest BCUT2D eigenvalue weighted by Crippen LogP contribution is 2.29. The van der Waals surface area contributed by atoms with Crippen molar-refractivity contribution < 1.29 is 9.59 Å². The molecule has 116 valence electrons. The van der Waals surface area contributed by atoms with Gasteiger partial charge in [-0.3, -0.25) is 14.3 Å². The monoisotopic (exact) mass is 303 g/mol. The van der Waals surface area contributed by atoms with Gasteiger partial charge in [0, 0.05) is 19.0 Å². The molecule has 1 aliphatic rings. The molecule has 1 aliphatic carbocycles. The third-order valence-electron chi connectivity index (χ3n) is 3.31. The maximum Gasteiger partial charge on any atom is 0.247 e. The summed E-state index contributed by atoms with van der Waals surface area (Å²) < 4.78 is 2.97. The van der Waals surface area contributed by atoms with Crippen LogP contribution in [0.4, 0.5) is 11.6 Å². The molecule has 9 heteroatoms. The predicted octanol–water partition coefficient (Wildman–Crippen LogP) is 0.307. The van der Waals surface area contributed by atoms with Crippen molar-refractivity contribution >= 4 is 23.5 Å². The van der Waals surface area contributed by atoms with Crippen LogP contribution in [-0.4, -0.2) is 36.6 Å². The van der Waals surface area contributed by atoms with E-state index in [4.69, 9.17) is 0 Å². The number of aryl methyl sites for hydroxylation is 2. The average Bonchev–Trinajstić information content (AvgIpc) is 3.14. The number of rotatable bonds is 5. The Hall–Kier alpha value is -2.71. The Kier molecular flexibility index (Phi) is 3.61. The lowest BCUT2D eigenvalue weighted by Crippen LogP contribution is -2.20. The van der Waals surface area contributed by atoms with E-state index in [0.29, 0.717) is 11.6 Å². The van der Waals surface area contributed by atoms with Crippen molar-refractivity contribution in [1.29, 1.82) is 0 Å². The van der Waals surface area contributed by atoms with Crippen molar-refractivity contribution in [3.05, 3.63) is 18.0 Å². The van der Waals surface area contributed by atoms with Gasteiger partial charge in [0.1, 0.15) is 12.4 Å². The van der Waals surface area contributed by atoms with E-state index in [1.807, 2.05) is 6.92 Å². The van der Waals surface area contributed by atoms with Crippen LogP contribution in [0, 0.1) is 12.8 Å². The van der Waals surface area contributed by atoms with E-state index in [0.717, 1.165) is 18.5 Å². The minimum absolute atomic E-state index is 0.0104. The molecule has 0 atom stereocenters.